The minimum absolute atomic E-state index is 0.546. The number of hydrogen-bond donors (Lipinski definition) is 0. The van der Waals surface area contributed by atoms with Gasteiger partial charge in [-0.25, -0.2) is 4.99 Å². The van der Waals surface area contributed by atoms with E-state index in [0.717, 1.165) is 34.1 Å². The first kappa shape index (κ1) is 14.1. The Morgan fingerprint density at radius 1 is 1.17 bits per heavy atom. The average Bonchev–Trinajstić information content (AvgIpc) is 3.15. The minimum atomic E-state index is 0.546. The van der Waals surface area contributed by atoms with Crippen LogP contribution >= 0.6 is 11.8 Å². The van der Waals surface area contributed by atoms with Crippen molar-refractivity contribution in [1.29, 1.82) is 0 Å². The van der Waals surface area contributed by atoms with E-state index in [1.165, 1.54) is 16.6 Å². The zero-order valence-electron chi connectivity index (χ0n) is 13.4. The van der Waals surface area contributed by atoms with Gasteiger partial charge in [-0.2, -0.15) is 0 Å². The lowest BCUT2D eigenvalue weighted by molar-refractivity contribution is 0.801. The molecule has 1 fully saturated rings. The highest BCUT2D eigenvalue weighted by Crippen LogP contribution is 2.41. The molecule has 0 saturated carbocycles. The van der Waals surface area contributed by atoms with Gasteiger partial charge in [-0.05, 0) is 37.1 Å². The predicted molar refractivity (Wildman–Crippen MR) is 102 cm³/mol. The van der Waals surface area contributed by atoms with Gasteiger partial charge in [0.05, 0.1) is 5.69 Å². The average molecular weight is 331 g/mol. The van der Waals surface area contributed by atoms with Crippen LogP contribution in [0.1, 0.15) is 11.3 Å². The fraction of sp³-hybridized carbons (Fsp3) is 0.200. The van der Waals surface area contributed by atoms with E-state index in [4.69, 9.17) is 4.99 Å². The first-order chi connectivity index (χ1) is 11.8. The summed E-state index contributed by atoms with van der Waals surface area (Å²) in [5, 5.41) is 3.43. The van der Waals surface area contributed by atoms with E-state index < -0.39 is 0 Å². The van der Waals surface area contributed by atoms with Crippen LogP contribution in [0, 0.1) is 6.92 Å². The molecule has 3 nitrogen and oxygen atoms in total. The second kappa shape index (κ2) is 5.35. The van der Waals surface area contributed by atoms with Crippen molar-refractivity contribution in [3.05, 3.63) is 66.0 Å². The molecule has 5 rings (SSSR count). The summed E-state index contributed by atoms with van der Waals surface area (Å²) in [7, 11) is 0. The third-order valence-electron chi connectivity index (χ3n) is 4.78. The van der Waals surface area contributed by atoms with Gasteiger partial charge in [0, 0.05) is 40.1 Å². The first-order valence-corrected chi connectivity index (χ1v) is 9.22. The molecule has 1 aromatic heterocycles. The van der Waals surface area contributed by atoms with Crippen LogP contribution in [0.3, 0.4) is 0 Å². The van der Waals surface area contributed by atoms with Gasteiger partial charge < -0.3 is 4.90 Å². The molecule has 2 aromatic carbocycles. The van der Waals surface area contributed by atoms with Crippen molar-refractivity contribution in [2.45, 2.75) is 19.4 Å². The van der Waals surface area contributed by atoms with Crippen LogP contribution in [0.2, 0.25) is 0 Å². The van der Waals surface area contributed by atoms with Crippen LogP contribution in [0.5, 0.6) is 0 Å². The van der Waals surface area contributed by atoms with Crippen molar-refractivity contribution < 1.29 is 0 Å². The van der Waals surface area contributed by atoms with Crippen molar-refractivity contribution in [2.24, 2.45) is 4.99 Å². The second-order valence-corrected chi connectivity index (χ2v) is 7.37. The van der Waals surface area contributed by atoms with Crippen molar-refractivity contribution in [1.82, 2.24) is 4.98 Å². The number of aryl methyl sites for hydroxylation is 1. The van der Waals surface area contributed by atoms with Crippen molar-refractivity contribution in [2.75, 3.05) is 10.7 Å². The number of benzene rings is 2. The SMILES string of the molecule is Cc1cc2c(N=C3SC[C@@H]4Cc5ccccc5N34)cccc2cn1. The summed E-state index contributed by atoms with van der Waals surface area (Å²) in [6.45, 7) is 2.03. The molecular weight excluding hydrogens is 314 g/mol. The molecule has 3 heterocycles. The fourth-order valence-corrected chi connectivity index (χ4v) is 4.80. The lowest BCUT2D eigenvalue weighted by Gasteiger charge is -2.18. The number of amidine groups is 1. The van der Waals surface area contributed by atoms with Gasteiger partial charge in [0.1, 0.15) is 0 Å². The summed E-state index contributed by atoms with van der Waals surface area (Å²) in [5.74, 6) is 1.11. The molecule has 0 spiro atoms. The third-order valence-corrected chi connectivity index (χ3v) is 5.87. The number of aromatic nitrogens is 1. The molecule has 2 aliphatic heterocycles. The van der Waals surface area contributed by atoms with Crippen LogP contribution < -0.4 is 4.90 Å². The van der Waals surface area contributed by atoms with E-state index in [-0.39, 0.29) is 0 Å². The molecule has 0 N–H and O–H groups in total. The molecule has 2 aliphatic rings. The van der Waals surface area contributed by atoms with Crippen LogP contribution in [-0.2, 0) is 6.42 Å². The van der Waals surface area contributed by atoms with Gasteiger partial charge in [-0.1, -0.05) is 42.1 Å². The molecular formula is C20H17N3S. The first-order valence-electron chi connectivity index (χ1n) is 8.23. The highest BCUT2D eigenvalue weighted by atomic mass is 32.2. The molecule has 0 radical (unpaired) electrons. The number of rotatable bonds is 1. The van der Waals surface area contributed by atoms with E-state index in [1.54, 1.807) is 0 Å². The number of hydrogen-bond acceptors (Lipinski definition) is 3. The number of aliphatic imine (C=N–C) groups is 1. The number of anilines is 1. The van der Waals surface area contributed by atoms with E-state index in [9.17, 15) is 0 Å². The molecule has 24 heavy (non-hydrogen) atoms. The van der Waals surface area contributed by atoms with Gasteiger partial charge >= 0.3 is 0 Å². The molecule has 0 amide bonds. The Bertz CT molecular complexity index is 980. The Hall–Kier alpha value is -2.33. The Morgan fingerprint density at radius 2 is 2.08 bits per heavy atom. The predicted octanol–water partition coefficient (Wildman–Crippen LogP) is 4.71. The number of fused-ring (bicyclic) bond motifs is 4. The second-order valence-electron chi connectivity index (χ2n) is 6.39. The highest BCUT2D eigenvalue weighted by molar-refractivity contribution is 8.14. The topological polar surface area (TPSA) is 28.5 Å². The van der Waals surface area contributed by atoms with Crippen LogP contribution in [0.25, 0.3) is 10.8 Å². The molecule has 0 aliphatic carbocycles. The van der Waals surface area contributed by atoms with Crippen LogP contribution in [0.4, 0.5) is 11.4 Å². The lowest BCUT2D eigenvalue weighted by Crippen LogP contribution is -2.29. The Labute approximate surface area is 145 Å². The van der Waals surface area contributed by atoms with E-state index in [0.29, 0.717) is 6.04 Å². The van der Waals surface area contributed by atoms with Crippen LogP contribution in [-0.4, -0.2) is 21.9 Å². The van der Waals surface area contributed by atoms with Crippen LogP contribution in [0.15, 0.2) is 59.7 Å². The largest absolute Gasteiger partial charge is 0.316 e. The summed E-state index contributed by atoms with van der Waals surface area (Å²) in [4.78, 5) is 11.9. The molecule has 0 unspecified atom stereocenters. The van der Waals surface area contributed by atoms with E-state index in [2.05, 4.69) is 58.4 Å². The Balaban J connectivity index is 1.64. The molecule has 1 atom stereocenters. The molecule has 4 heteroatoms. The third kappa shape index (κ3) is 2.13. The summed E-state index contributed by atoms with van der Waals surface area (Å²) in [5.41, 5.74) is 4.82. The number of nitrogens with zero attached hydrogens (tertiary/aromatic N) is 3. The van der Waals surface area contributed by atoms with Crippen molar-refractivity contribution >= 4 is 39.1 Å². The fourth-order valence-electron chi connectivity index (χ4n) is 3.64. The quantitative estimate of drug-likeness (QED) is 0.646. The summed E-state index contributed by atoms with van der Waals surface area (Å²) in [6, 6.07) is 17.6. The maximum Gasteiger partial charge on any atom is 0.169 e. The summed E-state index contributed by atoms with van der Waals surface area (Å²) >= 11 is 1.87. The standard InChI is InChI=1S/C20H17N3S/c1-13-9-17-15(11-21-13)6-4-7-18(17)22-20-23-16(12-24-20)10-14-5-2-3-8-19(14)23/h2-9,11,16H,10,12H2,1H3/t16-/m0/s1. The van der Waals surface area contributed by atoms with Gasteiger partial charge in [0.2, 0.25) is 0 Å². The molecule has 3 aromatic rings. The minimum Gasteiger partial charge on any atom is -0.316 e. The molecule has 0 bridgehead atoms. The summed E-state index contributed by atoms with van der Waals surface area (Å²) < 4.78 is 0. The maximum atomic E-state index is 5.05. The smallest absolute Gasteiger partial charge is 0.169 e. The monoisotopic (exact) mass is 331 g/mol. The van der Waals surface area contributed by atoms with E-state index in [1.807, 2.05) is 24.9 Å². The van der Waals surface area contributed by atoms with Crippen molar-refractivity contribution in [3.63, 3.8) is 0 Å². The Morgan fingerprint density at radius 3 is 3.04 bits per heavy atom. The normalized spacial score (nSPS) is 20.6. The van der Waals surface area contributed by atoms with E-state index >= 15 is 0 Å². The van der Waals surface area contributed by atoms with Gasteiger partial charge in [0.15, 0.2) is 5.17 Å². The molecule has 118 valence electrons. The summed E-state index contributed by atoms with van der Waals surface area (Å²) in [6.07, 6.45) is 3.06. The van der Waals surface area contributed by atoms with Crippen molar-refractivity contribution in [3.8, 4) is 0 Å². The number of para-hydroxylation sites is 1. The number of pyridine rings is 1. The van der Waals surface area contributed by atoms with Gasteiger partial charge in [-0.3, -0.25) is 4.98 Å². The number of thioether (sulfide) groups is 1. The highest BCUT2D eigenvalue weighted by Gasteiger charge is 2.37. The zero-order chi connectivity index (χ0) is 16.1. The molecule has 1 saturated heterocycles. The zero-order valence-corrected chi connectivity index (χ0v) is 14.3. The maximum absolute atomic E-state index is 5.05. The lowest BCUT2D eigenvalue weighted by atomic mass is 10.1. The van der Waals surface area contributed by atoms with Gasteiger partial charge in [0.25, 0.3) is 0 Å². The van der Waals surface area contributed by atoms with Gasteiger partial charge in [-0.15, -0.1) is 0 Å². The Kier molecular flexibility index (Phi) is 3.13.